The lowest BCUT2D eigenvalue weighted by Gasteiger charge is -2.24. The van der Waals surface area contributed by atoms with E-state index in [1.54, 1.807) is 18.4 Å². The molecule has 2 heterocycles. The first-order valence-electron chi connectivity index (χ1n) is 8.99. The Balaban J connectivity index is 1.55. The summed E-state index contributed by atoms with van der Waals surface area (Å²) in [6, 6.07) is 11.9. The number of carbonyl (C=O) groups is 1. The zero-order valence-electron chi connectivity index (χ0n) is 15.1. The van der Waals surface area contributed by atoms with E-state index < -0.39 is 0 Å². The van der Waals surface area contributed by atoms with Gasteiger partial charge in [-0.25, -0.2) is 0 Å². The van der Waals surface area contributed by atoms with Crippen LogP contribution in [0.25, 0.3) is 0 Å². The summed E-state index contributed by atoms with van der Waals surface area (Å²) in [5.41, 5.74) is 0.979. The average Bonchev–Trinajstić information content (AvgIpc) is 3.34. The molecule has 1 aliphatic heterocycles. The maximum absolute atomic E-state index is 12.5. The molecule has 5 nitrogen and oxygen atoms in total. The van der Waals surface area contributed by atoms with Crippen molar-refractivity contribution in [2.75, 3.05) is 26.8 Å². The van der Waals surface area contributed by atoms with Crippen molar-refractivity contribution in [3.8, 4) is 5.75 Å². The number of nitrogens with zero attached hydrogens (tertiary/aromatic N) is 1. The smallest absolute Gasteiger partial charge is 0.234 e. The minimum Gasteiger partial charge on any atom is -0.496 e. The van der Waals surface area contributed by atoms with Crippen molar-refractivity contribution < 1.29 is 14.3 Å². The Morgan fingerprint density at radius 2 is 2.23 bits per heavy atom. The molecular formula is C20H26N2O3S. The van der Waals surface area contributed by atoms with Crippen LogP contribution in [-0.2, 0) is 22.6 Å². The highest BCUT2D eigenvalue weighted by atomic mass is 32.1. The number of hydrogen-bond donors (Lipinski definition) is 1. The Bertz CT molecular complexity index is 684. The summed E-state index contributed by atoms with van der Waals surface area (Å²) in [6.45, 7) is 3.24. The van der Waals surface area contributed by atoms with Crippen LogP contribution in [0.5, 0.6) is 5.75 Å². The van der Waals surface area contributed by atoms with Crippen LogP contribution in [0.1, 0.15) is 23.3 Å². The molecule has 1 unspecified atom stereocenters. The van der Waals surface area contributed by atoms with E-state index in [1.165, 1.54) is 4.88 Å². The molecule has 0 spiro atoms. The van der Waals surface area contributed by atoms with Gasteiger partial charge in [-0.15, -0.1) is 11.3 Å². The number of para-hydroxylation sites is 1. The highest BCUT2D eigenvalue weighted by molar-refractivity contribution is 7.09. The van der Waals surface area contributed by atoms with Gasteiger partial charge in [0.25, 0.3) is 0 Å². The van der Waals surface area contributed by atoms with Crippen molar-refractivity contribution in [3.05, 3.63) is 52.2 Å². The highest BCUT2D eigenvalue weighted by Crippen LogP contribution is 2.18. The number of methoxy groups -OCH3 is 1. The molecule has 1 amide bonds. The van der Waals surface area contributed by atoms with Crippen molar-refractivity contribution in [2.24, 2.45) is 0 Å². The molecule has 1 atom stereocenters. The topological polar surface area (TPSA) is 50.8 Å². The molecule has 2 aromatic rings. The van der Waals surface area contributed by atoms with Gasteiger partial charge in [0.05, 0.1) is 19.8 Å². The summed E-state index contributed by atoms with van der Waals surface area (Å²) < 4.78 is 11.1. The summed E-state index contributed by atoms with van der Waals surface area (Å²) in [6.07, 6.45) is 2.42. The molecule has 3 rings (SSSR count). The van der Waals surface area contributed by atoms with E-state index in [9.17, 15) is 4.79 Å². The first-order chi connectivity index (χ1) is 12.7. The number of nitrogens with one attached hydrogen (secondary N) is 1. The molecule has 6 heteroatoms. The van der Waals surface area contributed by atoms with E-state index in [1.807, 2.05) is 30.3 Å². The second-order valence-electron chi connectivity index (χ2n) is 6.47. The van der Waals surface area contributed by atoms with Gasteiger partial charge in [0, 0.05) is 36.7 Å². The number of thiophene rings is 1. The molecule has 1 fully saturated rings. The van der Waals surface area contributed by atoms with Gasteiger partial charge in [0.2, 0.25) is 5.91 Å². The van der Waals surface area contributed by atoms with Crippen LogP contribution in [0.15, 0.2) is 41.8 Å². The van der Waals surface area contributed by atoms with Gasteiger partial charge in [-0.05, 0) is 30.4 Å². The number of rotatable bonds is 9. The van der Waals surface area contributed by atoms with Crippen molar-refractivity contribution in [1.82, 2.24) is 10.2 Å². The van der Waals surface area contributed by atoms with E-state index in [2.05, 4.69) is 21.7 Å². The van der Waals surface area contributed by atoms with Crippen molar-refractivity contribution in [1.29, 1.82) is 0 Å². The normalized spacial score (nSPS) is 16.8. The van der Waals surface area contributed by atoms with Crippen LogP contribution >= 0.6 is 11.3 Å². The minimum atomic E-state index is 0.0189. The van der Waals surface area contributed by atoms with Gasteiger partial charge in [-0.2, -0.15) is 0 Å². The van der Waals surface area contributed by atoms with Crippen LogP contribution in [0, 0.1) is 0 Å². The third-order valence-corrected chi connectivity index (χ3v) is 5.34. The second-order valence-corrected chi connectivity index (χ2v) is 7.50. The highest BCUT2D eigenvalue weighted by Gasteiger charge is 2.21. The Labute approximate surface area is 158 Å². The van der Waals surface area contributed by atoms with Gasteiger partial charge in [0.1, 0.15) is 5.75 Å². The van der Waals surface area contributed by atoms with Crippen LogP contribution in [0.4, 0.5) is 0 Å². The van der Waals surface area contributed by atoms with Gasteiger partial charge in [-0.3, -0.25) is 9.69 Å². The summed E-state index contributed by atoms with van der Waals surface area (Å²) in [7, 11) is 1.64. The standard InChI is InChI=1S/C20H26N2O3S/c1-24-19-9-3-2-6-16(19)12-21-20(23)15-22(13-17-7-4-10-25-17)14-18-8-5-11-26-18/h2-3,5-6,8-9,11,17H,4,7,10,12-15H2,1H3,(H,21,23). The SMILES string of the molecule is COc1ccccc1CNC(=O)CN(Cc1cccs1)CC1CCCO1. The van der Waals surface area contributed by atoms with Crippen LogP contribution in [0.3, 0.4) is 0 Å². The van der Waals surface area contributed by atoms with Gasteiger partial charge in [0.15, 0.2) is 0 Å². The molecule has 140 valence electrons. The zero-order valence-corrected chi connectivity index (χ0v) is 16.0. The fraction of sp³-hybridized carbons (Fsp3) is 0.450. The molecular weight excluding hydrogens is 348 g/mol. The fourth-order valence-electron chi connectivity index (χ4n) is 3.19. The second kappa shape index (κ2) is 9.71. The summed E-state index contributed by atoms with van der Waals surface area (Å²) >= 11 is 1.72. The Morgan fingerprint density at radius 1 is 1.35 bits per heavy atom. The molecule has 1 aliphatic rings. The first-order valence-corrected chi connectivity index (χ1v) is 9.87. The Morgan fingerprint density at radius 3 is 2.96 bits per heavy atom. The number of amides is 1. The number of hydrogen-bond acceptors (Lipinski definition) is 5. The maximum atomic E-state index is 12.5. The molecule has 0 saturated carbocycles. The van der Waals surface area contributed by atoms with E-state index in [0.29, 0.717) is 13.1 Å². The van der Waals surface area contributed by atoms with Crippen LogP contribution in [0.2, 0.25) is 0 Å². The van der Waals surface area contributed by atoms with Crippen molar-refractivity contribution in [3.63, 3.8) is 0 Å². The van der Waals surface area contributed by atoms with Gasteiger partial charge in [-0.1, -0.05) is 24.3 Å². The quantitative estimate of drug-likeness (QED) is 0.733. The molecule has 0 radical (unpaired) electrons. The minimum absolute atomic E-state index is 0.0189. The zero-order chi connectivity index (χ0) is 18.2. The monoisotopic (exact) mass is 374 g/mol. The predicted molar refractivity (Wildman–Crippen MR) is 103 cm³/mol. The van der Waals surface area contributed by atoms with E-state index in [0.717, 1.165) is 43.9 Å². The molecule has 1 aromatic heterocycles. The lowest BCUT2D eigenvalue weighted by atomic mass is 10.2. The maximum Gasteiger partial charge on any atom is 0.234 e. The molecule has 26 heavy (non-hydrogen) atoms. The number of benzene rings is 1. The first kappa shape index (κ1) is 18.9. The largest absolute Gasteiger partial charge is 0.496 e. The average molecular weight is 375 g/mol. The molecule has 1 N–H and O–H groups in total. The van der Waals surface area contributed by atoms with Crippen molar-refractivity contribution in [2.45, 2.75) is 32.0 Å². The van der Waals surface area contributed by atoms with E-state index in [-0.39, 0.29) is 12.0 Å². The summed E-state index contributed by atoms with van der Waals surface area (Å²) in [5.74, 6) is 0.813. The van der Waals surface area contributed by atoms with E-state index in [4.69, 9.17) is 9.47 Å². The lowest BCUT2D eigenvalue weighted by molar-refractivity contribution is -0.122. The van der Waals surface area contributed by atoms with Crippen LogP contribution in [-0.4, -0.2) is 43.7 Å². The molecule has 1 aromatic carbocycles. The fourth-order valence-corrected chi connectivity index (χ4v) is 3.93. The summed E-state index contributed by atoms with van der Waals surface area (Å²) in [5, 5.41) is 5.08. The van der Waals surface area contributed by atoms with Gasteiger partial charge >= 0.3 is 0 Å². The molecule has 0 aliphatic carbocycles. The van der Waals surface area contributed by atoms with Crippen LogP contribution < -0.4 is 10.1 Å². The third-order valence-electron chi connectivity index (χ3n) is 4.48. The number of ether oxygens (including phenoxy) is 2. The van der Waals surface area contributed by atoms with Gasteiger partial charge < -0.3 is 14.8 Å². The number of carbonyl (C=O) groups excluding carboxylic acids is 1. The Hall–Kier alpha value is -1.89. The third kappa shape index (κ3) is 5.56. The molecule has 1 saturated heterocycles. The van der Waals surface area contributed by atoms with E-state index >= 15 is 0 Å². The lowest BCUT2D eigenvalue weighted by Crippen LogP contribution is -2.40. The Kier molecular flexibility index (Phi) is 7.05. The molecule has 0 bridgehead atoms. The predicted octanol–water partition coefficient (Wildman–Crippen LogP) is 3.05. The summed E-state index contributed by atoms with van der Waals surface area (Å²) in [4.78, 5) is 15.9. The van der Waals surface area contributed by atoms with Crippen molar-refractivity contribution >= 4 is 17.2 Å².